The van der Waals surface area contributed by atoms with Gasteiger partial charge in [-0.1, -0.05) is 13.3 Å². The van der Waals surface area contributed by atoms with Gasteiger partial charge in [-0.15, -0.1) is 0 Å². The third-order valence-corrected chi connectivity index (χ3v) is 2.49. The maximum absolute atomic E-state index is 9.12. The van der Waals surface area contributed by atoms with Crippen LogP contribution in [0.1, 0.15) is 31.3 Å². The van der Waals surface area contributed by atoms with Crippen molar-refractivity contribution in [3.63, 3.8) is 0 Å². The molecule has 1 rings (SSSR count). The number of aliphatic hydroxyl groups excluding tert-OH is 1. The average molecular weight is 183 g/mol. The van der Waals surface area contributed by atoms with Gasteiger partial charge in [0, 0.05) is 6.92 Å². The first-order valence-electron chi connectivity index (χ1n) is 4.86. The van der Waals surface area contributed by atoms with E-state index in [1.807, 2.05) is 13.2 Å². The van der Waals surface area contributed by atoms with E-state index in [0.29, 0.717) is 0 Å². The van der Waals surface area contributed by atoms with Gasteiger partial charge in [0.25, 0.3) is 5.82 Å². The summed E-state index contributed by atoms with van der Waals surface area (Å²) in [6.07, 6.45) is 4.35. The largest absolute Gasteiger partial charge is 0.388 e. The molecule has 3 nitrogen and oxygen atoms in total. The highest BCUT2D eigenvalue weighted by atomic mass is 16.3. The summed E-state index contributed by atoms with van der Waals surface area (Å²) in [5, 5.41) is 9.12. The predicted octanol–water partition coefficient (Wildman–Crippen LogP) is 0.913. The highest BCUT2D eigenvalue weighted by molar-refractivity contribution is 4.96. The van der Waals surface area contributed by atoms with Crippen molar-refractivity contribution in [2.75, 3.05) is 0 Å². The van der Waals surface area contributed by atoms with E-state index < -0.39 is 0 Å². The molecule has 1 N–H and O–H groups in total. The summed E-state index contributed by atoms with van der Waals surface area (Å²) < 4.78 is 4.24. The molecule has 0 amide bonds. The molecule has 0 aliphatic rings. The topological polar surface area (TPSA) is 29.0 Å². The molecule has 1 aromatic rings. The zero-order valence-corrected chi connectivity index (χ0v) is 8.75. The van der Waals surface area contributed by atoms with E-state index in [9.17, 15) is 0 Å². The van der Waals surface area contributed by atoms with Crippen molar-refractivity contribution >= 4 is 0 Å². The van der Waals surface area contributed by atoms with Crippen molar-refractivity contribution in [3.05, 3.63) is 17.7 Å². The van der Waals surface area contributed by atoms with Gasteiger partial charge >= 0.3 is 0 Å². The van der Waals surface area contributed by atoms with Crippen LogP contribution in [-0.4, -0.2) is 9.67 Å². The quantitative estimate of drug-likeness (QED) is 0.691. The Morgan fingerprint density at radius 3 is 2.77 bits per heavy atom. The Morgan fingerprint density at radius 1 is 1.54 bits per heavy atom. The van der Waals surface area contributed by atoms with Crippen molar-refractivity contribution in [3.8, 4) is 0 Å². The molecule has 0 aliphatic carbocycles. The maximum Gasteiger partial charge on any atom is 0.253 e. The van der Waals surface area contributed by atoms with Crippen LogP contribution >= 0.6 is 0 Å². The lowest BCUT2D eigenvalue weighted by atomic mass is 10.3. The molecule has 74 valence electrons. The molecular weight excluding hydrogens is 164 g/mol. The fraction of sp³-hybridized carbons (Fsp3) is 0.700. The van der Waals surface area contributed by atoms with Crippen LogP contribution in [0, 0.1) is 6.92 Å². The normalized spacial score (nSPS) is 10.8. The Bertz CT molecular complexity index is 279. The van der Waals surface area contributed by atoms with Crippen LogP contribution in [0.5, 0.6) is 0 Å². The second kappa shape index (κ2) is 4.42. The van der Waals surface area contributed by atoms with Crippen molar-refractivity contribution in [1.29, 1.82) is 0 Å². The van der Waals surface area contributed by atoms with Crippen LogP contribution in [0.4, 0.5) is 0 Å². The van der Waals surface area contributed by atoms with Crippen molar-refractivity contribution < 1.29 is 9.67 Å². The number of hydrogen-bond donors (Lipinski definition) is 1. The van der Waals surface area contributed by atoms with Gasteiger partial charge in [-0.25, -0.2) is 9.13 Å². The van der Waals surface area contributed by atoms with Crippen molar-refractivity contribution in [1.82, 2.24) is 4.57 Å². The molecule has 0 aliphatic heterocycles. The zero-order chi connectivity index (χ0) is 9.84. The highest BCUT2D eigenvalue weighted by Crippen LogP contribution is 2.04. The minimum Gasteiger partial charge on any atom is -0.388 e. The van der Waals surface area contributed by atoms with Crippen LogP contribution in [0.3, 0.4) is 0 Å². The van der Waals surface area contributed by atoms with Crippen LogP contribution in [-0.2, 0) is 20.2 Å². The van der Waals surface area contributed by atoms with Gasteiger partial charge in [0.05, 0.1) is 13.6 Å². The molecular formula is C10H19N2O+. The molecule has 0 bridgehead atoms. The van der Waals surface area contributed by atoms with E-state index in [-0.39, 0.29) is 6.61 Å². The highest BCUT2D eigenvalue weighted by Gasteiger charge is 2.15. The molecule has 0 saturated carbocycles. The maximum atomic E-state index is 9.12. The Hall–Kier alpha value is -0.830. The lowest BCUT2D eigenvalue weighted by Gasteiger charge is -1.99. The van der Waals surface area contributed by atoms with Gasteiger partial charge in [0.1, 0.15) is 12.8 Å². The molecule has 0 saturated heterocycles. The minimum absolute atomic E-state index is 0.130. The zero-order valence-electron chi connectivity index (χ0n) is 8.75. The third kappa shape index (κ3) is 2.10. The smallest absolute Gasteiger partial charge is 0.253 e. The first kappa shape index (κ1) is 10.3. The number of hydrogen-bond acceptors (Lipinski definition) is 1. The average Bonchev–Trinajstić information content (AvgIpc) is 2.40. The Balaban J connectivity index is 2.88. The number of aromatic nitrogens is 2. The Morgan fingerprint density at radius 2 is 2.23 bits per heavy atom. The summed E-state index contributed by atoms with van der Waals surface area (Å²) in [4.78, 5) is 0. The SMILES string of the molecule is CCCCn1c(CO)c[n+](C)c1C. The molecule has 0 radical (unpaired) electrons. The number of imidazole rings is 1. The number of aliphatic hydroxyl groups is 1. The first-order valence-corrected chi connectivity index (χ1v) is 4.86. The van der Waals surface area contributed by atoms with Gasteiger partial charge in [0.15, 0.2) is 5.69 Å². The molecule has 0 spiro atoms. The van der Waals surface area contributed by atoms with Crippen LogP contribution in [0.2, 0.25) is 0 Å². The van der Waals surface area contributed by atoms with E-state index >= 15 is 0 Å². The first-order chi connectivity index (χ1) is 6.20. The monoisotopic (exact) mass is 183 g/mol. The Kier molecular flexibility index (Phi) is 3.48. The third-order valence-electron chi connectivity index (χ3n) is 2.49. The molecule has 0 unspecified atom stereocenters. The van der Waals surface area contributed by atoms with Gasteiger partial charge < -0.3 is 5.11 Å². The summed E-state index contributed by atoms with van der Waals surface area (Å²) >= 11 is 0. The Labute approximate surface area is 79.6 Å². The van der Waals surface area contributed by atoms with Gasteiger partial charge in [-0.3, -0.25) is 0 Å². The predicted molar refractivity (Wildman–Crippen MR) is 51.2 cm³/mol. The van der Waals surface area contributed by atoms with Crippen LogP contribution in [0.25, 0.3) is 0 Å². The lowest BCUT2D eigenvalue weighted by molar-refractivity contribution is -0.677. The fourth-order valence-electron chi connectivity index (χ4n) is 1.53. The van der Waals surface area contributed by atoms with E-state index in [0.717, 1.165) is 12.2 Å². The van der Waals surface area contributed by atoms with Crippen LogP contribution in [0.15, 0.2) is 6.20 Å². The van der Waals surface area contributed by atoms with E-state index in [1.165, 1.54) is 18.7 Å². The van der Waals surface area contributed by atoms with Gasteiger partial charge in [-0.05, 0) is 6.42 Å². The summed E-state index contributed by atoms with van der Waals surface area (Å²) in [5.74, 6) is 1.21. The number of nitrogens with zero attached hydrogens (tertiary/aromatic N) is 2. The standard InChI is InChI=1S/C10H19N2O/c1-4-5-6-12-9(2)11(3)7-10(12)8-13/h7,13H,4-6,8H2,1-3H3/q+1. The molecule has 0 atom stereocenters. The second-order valence-corrected chi connectivity index (χ2v) is 3.44. The molecule has 1 heterocycles. The molecule has 0 fully saturated rings. The van der Waals surface area contributed by atoms with Gasteiger partial charge in [0.2, 0.25) is 0 Å². The molecule has 13 heavy (non-hydrogen) atoms. The summed E-state index contributed by atoms with van der Waals surface area (Å²) in [6, 6.07) is 0. The minimum atomic E-state index is 0.130. The van der Waals surface area contributed by atoms with E-state index in [4.69, 9.17) is 5.11 Å². The summed E-state index contributed by atoms with van der Waals surface area (Å²) in [5.41, 5.74) is 1.01. The van der Waals surface area contributed by atoms with Crippen molar-refractivity contribution in [2.24, 2.45) is 7.05 Å². The molecule has 0 aromatic carbocycles. The number of rotatable bonds is 4. The van der Waals surface area contributed by atoms with Gasteiger partial charge in [-0.2, -0.15) is 0 Å². The summed E-state index contributed by atoms with van der Waals surface area (Å²) in [7, 11) is 2.01. The molecule has 3 heteroatoms. The van der Waals surface area contributed by atoms with E-state index in [2.05, 4.69) is 23.0 Å². The fourth-order valence-corrected chi connectivity index (χ4v) is 1.53. The molecule has 1 aromatic heterocycles. The van der Waals surface area contributed by atoms with Crippen LogP contribution < -0.4 is 4.57 Å². The number of aryl methyl sites for hydroxylation is 1. The lowest BCUT2D eigenvalue weighted by Crippen LogP contribution is -2.29. The number of unbranched alkanes of at least 4 members (excludes halogenated alkanes) is 1. The second-order valence-electron chi connectivity index (χ2n) is 3.44. The van der Waals surface area contributed by atoms with E-state index in [1.54, 1.807) is 0 Å². The van der Waals surface area contributed by atoms with Crippen molar-refractivity contribution in [2.45, 2.75) is 39.8 Å². The summed E-state index contributed by atoms with van der Waals surface area (Å²) in [6.45, 7) is 5.40.